The molecule has 0 fully saturated rings. The molecule has 6 nitrogen and oxygen atoms in total. The quantitative estimate of drug-likeness (QED) is 0.0262. The van der Waals surface area contributed by atoms with Crippen molar-refractivity contribution in [3.05, 3.63) is 48.6 Å². The van der Waals surface area contributed by atoms with E-state index in [2.05, 4.69) is 69.4 Å². The van der Waals surface area contributed by atoms with Crippen molar-refractivity contribution >= 4 is 17.9 Å². The van der Waals surface area contributed by atoms with Gasteiger partial charge in [-0.2, -0.15) is 0 Å². The molecule has 0 aliphatic heterocycles. The topological polar surface area (TPSA) is 78.9 Å². The Kier molecular flexibility index (Phi) is 51.8. The molecule has 378 valence electrons. The van der Waals surface area contributed by atoms with Crippen LogP contribution in [-0.4, -0.2) is 37.2 Å². The standard InChI is InChI=1S/C59H106O6/c1-4-7-10-13-16-19-22-25-27-28-29-30-32-35-38-41-44-47-50-53-59(62)65-56(54-63-57(60)51-48-45-42-39-36-33-24-21-18-15-12-9-6-3)55-64-58(61)52-49-46-43-40-37-34-31-26-23-20-17-14-11-8-5-2/h16,19-21,23-25,27,56H,4-15,17-18,22,26,28-55H2,1-3H3/b19-16-,23-20-,24-21-,27-25-/t56-/m0/s1. The van der Waals surface area contributed by atoms with Gasteiger partial charge in [0.2, 0.25) is 0 Å². The van der Waals surface area contributed by atoms with E-state index in [1.165, 1.54) is 180 Å². The minimum absolute atomic E-state index is 0.0783. The summed E-state index contributed by atoms with van der Waals surface area (Å²) in [6.07, 6.45) is 65.2. The van der Waals surface area contributed by atoms with Gasteiger partial charge in [-0.25, -0.2) is 0 Å². The zero-order valence-electron chi connectivity index (χ0n) is 43.3. The summed E-state index contributed by atoms with van der Waals surface area (Å²) in [6.45, 7) is 6.60. The van der Waals surface area contributed by atoms with Crippen molar-refractivity contribution in [1.29, 1.82) is 0 Å². The Balaban J connectivity index is 4.37. The van der Waals surface area contributed by atoms with Gasteiger partial charge in [-0.15, -0.1) is 0 Å². The van der Waals surface area contributed by atoms with Gasteiger partial charge in [-0.05, 0) is 103 Å². The van der Waals surface area contributed by atoms with Gasteiger partial charge in [0.15, 0.2) is 6.10 Å². The van der Waals surface area contributed by atoms with Crippen LogP contribution in [0.3, 0.4) is 0 Å². The van der Waals surface area contributed by atoms with Gasteiger partial charge in [0.05, 0.1) is 0 Å². The first-order chi connectivity index (χ1) is 32.0. The van der Waals surface area contributed by atoms with Crippen molar-refractivity contribution in [2.45, 2.75) is 297 Å². The van der Waals surface area contributed by atoms with E-state index in [0.29, 0.717) is 19.3 Å². The van der Waals surface area contributed by atoms with E-state index < -0.39 is 6.10 Å². The van der Waals surface area contributed by atoms with Crippen LogP contribution >= 0.6 is 0 Å². The molecule has 0 aliphatic rings. The number of hydrogen-bond acceptors (Lipinski definition) is 6. The Morgan fingerprint density at radius 2 is 0.554 bits per heavy atom. The van der Waals surface area contributed by atoms with Gasteiger partial charge >= 0.3 is 17.9 Å². The van der Waals surface area contributed by atoms with Crippen LogP contribution in [0.15, 0.2) is 48.6 Å². The predicted octanol–water partition coefficient (Wildman–Crippen LogP) is 18.7. The number of carbonyl (C=O) groups excluding carboxylic acids is 3. The highest BCUT2D eigenvalue weighted by atomic mass is 16.6. The van der Waals surface area contributed by atoms with Gasteiger partial charge in [-0.1, -0.05) is 217 Å². The molecule has 0 N–H and O–H groups in total. The first-order valence-electron chi connectivity index (χ1n) is 28.1. The zero-order valence-corrected chi connectivity index (χ0v) is 43.3. The van der Waals surface area contributed by atoms with Gasteiger partial charge in [0.25, 0.3) is 0 Å². The maximum Gasteiger partial charge on any atom is 0.306 e. The molecule has 0 heterocycles. The van der Waals surface area contributed by atoms with E-state index in [1.807, 2.05) is 0 Å². The molecule has 0 saturated heterocycles. The van der Waals surface area contributed by atoms with Crippen LogP contribution in [0.25, 0.3) is 0 Å². The minimum atomic E-state index is -0.779. The normalized spacial score (nSPS) is 12.4. The lowest BCUT2D eigenvalue weighted by molar-refractivity contribution is -0.167. The number of unbranched alkanes of at least 4 members (excludes halogenated alkanes) is 32. The van der Waals surface area contributed by atoms with Gasteiger partial charge in [0.1, 0.15) is 13.2 Å². The molecule has 0 aromatic carbocycles. The zero-order chi connectivity index (χ0) is 47.2. The highest BCUT2D eigenvalue weighted by Crippen LogP contribution is 2.15. The van der Waals surface area contributed by atoms with Crippen molar-refractivity contribution in [2.75, 3.05) is 13.2 Å². The number of allylic oxidation sites excluding steroid dienone is 8. The third kappa shape index (κ3) is 52.2. The number of esters is 3. The lowest BCUT2D eigenvalue weighted by Gasteiger charge is -2.18. The fourth-order valence-electron chi connectivity index (χ4n) is 7.99. The smallest absolute Gasteiger partial charge is 0.306 e. The molecule has 0 spiro atoms. The highest BCUT2D eigenvalue weighted by molar-refractivity contribution is 5.71. The summed E-state index contributed by atoms with van der Waals surface area (Å²) in [5.41, 5.74) is 0. The van der Waals surface area contributed by atoms with Crippen molar-refractivity contribution in [3.8, 4) is 0 Å². The van der Waals surface area contributed by atoms with Crippen LogP contribution in [0.1, 0.15) is 290 Å². The van der Waals surface area contributed by atoms with E-state index >= 15 is 0 Å². The number of carbonyl (C=O) groups is 3. The summed E-state index contributed by atoms with van der Waals surface area (Å²) < 4.78 is 16.8. The third-order valence-corrected chi connectivity index (χ3v) is 12.3. The average molecular weight is 911 g/mol. The predicted molar refractivity (Wildman–Crippen MR) is 279 cm³/mol. The molecule has 65 heavy (non-hydrogen) atoms. The number of ether oxygens (including phenoxy) is 3. The molecule has 0 aliphatic carbocycles. The lowest BCUT2D eigenvalue weighted by Crippen LogP contribution is -2.30. The maximum atomic E-state index is 12.8. The Morgan fingerprint density at radius 3 is 0.892 bits per heavy atom. The first kappa shape index (κ1) is 62.4. The summed E-state index contributed by atoms with van der Waals surface area (Å²) in [5, 5.41) is 0. The second kappa shape index (κ2) is 54.0. The second-order valence-corrected chi connectivity index (χ2v) is 18.8. The molecule has 0 amide bonds. The minimum Gasteiger partial charge on any atom is -0.462 e. The van der Waals surface area contributed by atoms with Crippen LogP contribution in [0.4, 0.5) is 0 Å². The number of rotatable bonds is 51. The van der Waals surface area contributed by atoms with E-state index in [-0.39, 0.29) is 31.1 Å². The summed E-state index contributed by atoms with van der Waals surface area (Å²) in [6, 6.07) is 0. The van der Waals surface area contributed by atoms with Crippen LogP contribution in [0.5, 0.6) is 0 Å². The fourth-order valence-corrected chi connectivity index (χ4v) is 7.99. The fraction of sp³-hybridized carbons (Fsp3) is 0.814. The van der Waals surface area contributed by atoms with Crippen LogP contribution in [0, 0.1) is 0 Å². The van der Waals surface area contributed by atoms with Crippen LogP contribution in [-0.2, 0) is 28.6 Å². The molecule has 6 heteroatoms. The molecule has 0 aromatic heterocycles. The summed E-state index contributed by atoms with van der Waals surface area (Å²) in [5.74, 6) is -0.885. The molecular formula is C59H106O6. The molecule has 0 radical (unpaired) electrons. The molecule has 0 bridgehead atoms. The highest BCUT2D eigenvalue weighted by Gasteiger charge is 2.19. The maximum absolute atomic E-state index is 12.8. The van der Waals surface area contributed by atoms with Crippen molar-refractivity contribution in [2.24, 2.45) is 0 Å². The summed E-state index contributed by atoms with van der Waals surface area (Å²) in [7, 11) is 0. The Morgan fingerprint density at radius 1 is 0.308 bits per heavy atom. The third-order valence-electron chi connectivity index (χ3n) is 12.3. The monoisotopic (exact) mass is 911 g/mol. The average Bonchev–Trinajstić information content (AvgIpc) is 3.30. The first-order valence-corrected chi connectivity index (χ1v) is 28.1. The van der Waals surface area contributed by atoms with E-state index in [9.17, 15) is 14.4 Å². The van der Waals surface area contributed by atoms with E-state index in [4.69, 9.17) is 14.2 Å². The largest absolute Gasteiger partial charge is 0.462 e. The van der Waals surface area contributed by atoms with E-state index in [1.54, 1.807) is 0 Å². The summed E-state index contributed by atoms with van der Waals surface area (Å²) >= 11 is 0. The lowest BCUT2D eigenvalue weighted by atomic mass is 10.1. The molecule has 0 saturated carbocycles. The number of hydrogen-bond donors (Lipinski definition) is 0. The molecule has 1 atom stereocenters. The van der Waals surface area contributed by atoms with Crippen molar-refractivity contribution < 1.29 is 28.6 Å². The van der Waals surface area contributed by atoms with Crippen molar-refractivity contribution in [3.63, 3.8) is 0 Å². The van der Waals surface area contributed by atoms with Gasteiger partial charge in [-0.3, -0.25) is 14.4 Å². The van der Waals surface area contributed by atoms with Gasteiger partial charge in [0, 0.05) is 19.3 Å². The van der Waals surface area contributed by atoms with Crippen LogP contribution < -0.4 is 0 Å². The Bertz CT molecular complexity index is 1140. The molecule has 0 rings (SSSR count). The Hall–Kier alpha value is -2.63. The molecule has 0 aromatic rings. The summed E-state index contributed by atoms with van der Waals surface area (Å²) in [4.78, 5) is 38.1. The second-order valence-electron chi connectivity index (χ2n) is 18.8. The van der Waals surface area contributed by atoms with E-state index in [0.717, 1.165) is 70.6 Å². The van der Waals surface area contributed by atoms with Crippen molar-refractivity contribution in [1.82, 2.24) is 0 Å². The Labute approximate surface area is 403 Å². The van der Waals surface area contributed by atoms with Crippen LogP contribution in [0.2, 0.25) is 0 Å². The molecule has 0 unspecified atom stereocenters. The van der Waals surface area contributed by atoms with Gasteiger partial charge < -0.3 is 14.2 Å². The SMILES string of the molecule is CCCCC/C=C\C/C=C\CCCCCCCCCCCC(=O)O[C@@H](COC(=O)CCCCCCC/C=C\CCCCCC)COC(=O)CCCCCCCCC/C=C\CCCCCC. The molecular weight excluding hydrogens is 805 g/mol.